The van der Waals surface area contributed by atoms with Crippen LogP contribution in [0.1, 0.15) is 131 Å². The molecule has 0 saturated heterocycles. The largest absolute Gasteiger partial charge is 0.393 e. The molecule has 0 spiro atoms. The molecule has 3 unspecified atom stereocenters. The summed E-state index contributed by atoms with van der Waals surface area (Å²) in [5.74, 6) is 5.28. The molecule has 4 aliphatic carbocycles. The van der Waals surface area contributed by atoms with E-state index in [0.717, 1.165) is 68.6 Å². The summed E-state index contributed by atoms with van der Waals surface area (Å²) >= 11 is 0. The SMILES string of the molecule is CC(C)CCC[C@@H](C)[C@H]1CCC2C3C(CC[C@@]21C)[C@@]1(C)CC[C@@H](NCCCCNCCCCN)C[C@H]1C[C@H]3O. The number of hydrogen-bond donors (Lipinski definition) is 4. The summed E-state index contributed by atoms with van der Waals surface area (Å²) < 4.78 is 0. The van der Waals surface area contributed by atoms with Gasteiger partial charge in [0.15, 0.2) is 0 Å². The van der Waals surface area contributed by atoms with Crippen LogP contribution >= 0.6 is 0 Å². The lowest BCUT2D eigenvalue weighted by Crippen LogP contribution is -2.59. The van der Waals surface area contributed by atoms with Gasteiger partial charge in [-0.1, -0.05) is 53.9 Å². The number of nitrogens with one attached hydrogen (secondary N) is 2. The van der Waals surface area contributed by atoms with Gasteiger partial charge >= 0.3 is 0 Å². The Morgan fingerprint density at radius 1 is 0.795 bits per heavy atom. The summed E-state index contributed by atoms with van der Waals surface area (Å²) in [5.41, 5.74) is 6.48. The highest BCUT2D eigenvalue weighted by atomic mass is 16.3. The minimum absolute atomic E-state index is 0.0724. The first-order valence-electron chi connectivity index (χ1n) is 17.5. The summed E-state index contributed by atoms with van der Waals surface area (Å²) in [7, 11) is 0. The van der Waals surface area contributed by atoms with Gasteiger partial charge in [-0.3, -0.25) is 0 Å². The first kappa shape index (κ1) is 31.8. The van der Waals surface area contributed by atoms with Gasteiger partial charge < -0.3 is 21.5 Å². The van der Waals surface area contributed by atoms with E-state index in [1.807, 2.05) is 0 Å². The van der Waals surface area contributed by atoms with Crippen LogP contribution in [-0.2, 0) is 0 Å². The number of aliphatic hydroxyl groups is 1. The zero-order chi connectivity index (χ0) is 28.0. The van der Waals surface area contributed by atoms with Gasteiger partial charge in [0.05, 0.1) is 6.10 Å². The van der Waals surface area contributed by atoms with E-state index >= 15 is 0 Å². The van der Waals surface area contributed by atoms with Crippen molar-refractivity contribution in [3.63, 3.8) is 0 Å². The van der Waals surface area contributed by atoms with E-state index in [0.29, 0.717) is 28.7 Å². The summed E-state index contributed by atoms with van der Waals surface area (Å²) in [6, 6.07) is 0.653. The van der Waals surface area contributed by atoms with E-state index in [1.165, 1.54) is 83.5 Å². The van der Waals surface area contributed by atoms with Crippen LogP contribution in [0.5, 0.6) is 0 Å². The maximum absolute atomic E-state index is 11.7. The monoisotopic (exact) mass is 546 g/mol. The molecule has 0 heterocycles. The van der Waals surface area contributed by atoms with Crippen LogP contribution in [0.15, 0.2) is 0 Å². The number of aliphatic hydroxyl groups excluding tert-OH is 1. The molecular weight excluding hydrogens is 478 g/mol. The number of fused-ring (bicyclic) bond motifs is 5. The van der Waals surface area contributed by atoms with E-state index in [2.05, 4.69) is 45.3 Å². The highest BCUT2D eigenvalue weighted by molar-refractivity contribution is 5.12. The highest BCUT2D eigenvalue weighted by Gasteiger charge is 2.62. The van der Waals surface area contributed by atoms with E-state index in [-0.39, 0.29) is 6.10 Å². The third kappa shape index (κ3) is 7.26. The predicted molar refractivity (Wildman–Crippen MR) is 167 cm³/mol. The molecule has 0 aromatic heterocycles. The normalized spacial score (nSPS) is 40.8. The molecule has 39 heavy (non-hydrogen) atoms. The molecule has 4 saturated carbocycles. The Morgan fingerprint density at radius 2 is 1.49 bits per heavy atom. The van der Waals surface area contributed by atoms with Crippen molar-refractivity contribution in [1.82, 2.24) is 10.6 Å². The molecule has 4 aliphatic rings. The Hall–Kier alpha value is -0.160. The summed E-state index contributed by atoms with van der Waals surface area (Å²) in [6.45, 7) is 16.8. The van der Waals surface area contributed by atoms with Crippen LogP contribution in [-0.4, -0.2) is 43.4 Å². The van der Waals surface area contributed by atoms with E-state index in [9.17, 15) is 5.11 Å². The van der Waals surface area contributed by atoms with Crippen LogP contribution < -0.4 is 16.4 Å². The van der Waals surface area contributed by atoms with E-state index < -0.39 is 0 Å². The van der Waals surface area contributed by atoms with Crippen LogP contribution in [0.3, 0.4) is 0 Å². The van der Waals surface area contributed by atoms with Crippen molar-refractivity contribution in [3.8, 4) is 0 Å². The van der Waals surface area contributed by atoms with Gasteiger partial charge in [0.25, 0.3) is 0 Å². The zero-order valence-electron chi connectivity index (χ0n) is 26.7. The fraction of sp³-hybridized carbons (Fsp3) is 1.00. The third-order valence-electron chi connectivity index (χ3n) is 12.9. The molecule has 4 rings (SSSR count). The molecule has 4 fully saturated rings. The second-order valence-corrected chi connectivity index (χ2v) is 15.7. The van der Waals surface area contributed by atoms with Gasteiger partial charge in [-0.2, -0.15) is 0 Å². The number of rotatable bonds is 15. The Balaban J connectivity index is 1.27. The van der Waals surface area contributed by atoms with Crippen molar-refractivity contribution in [1.29, 1.82) is 0 Å². The molecule has 0 radical (unpaired) electrons. The van der Waals surface area contributed by atoms with E-state index in [4.69, 9.17) is 5.73 Å². The Kier molecular flexibility index (Phi) is 11.7. The minimum Gasteiger partial charge on any atom is -0.393 e. The molecule has 228 valence electrons. The summed E-state index contributed by atoms with van der Waals surface area (Å²) in [5, 5.41) is 19.2. The maximum atomic E-state index is 11.7. The van der Waals surface area contributed by atoms with Crippen molar-refractivity contribution < 1.29 is 5.11 Å². The van der Waals surface area contributed by atoms with Crippen LogP contribution in [0, 0.1) is 52.3 Å². The first-order valence-corrected chi connectivity index (χ1v) is 17.5. The van der Waals surface area contributed by atoms with Crippen LogP contribution in [0.2, 0.25) is 0 Å². The fourth-order valence-corrected chi connectivity index (χ4v) is 10.6. The predicted octanol–water partition coefficient (Wildman–Crippen LogP) is 7.15. The second kappa shape index (κ2) is 14.3. The molecular formula is C35H67N3O. The third-order valence-corrected chi connectivity index (χ3v) is 12.9. The molecule has 0 aromatic carbocycles. The quantitative estimate of drug-likeness (QED) is 0.165. The Bertz CT molecular complexity index is 729. The number of hydrogen-bond acceptors (Lipinski definition) is 4. The van der Waals surface area contributed by atoms with Gasteiger partial charge in [0, 0.05) is 6.04 Å². The molecule has 0 amide bonds. The minimum atomic E-state index is -0.0724. The number of unbranched alkanes of at least 4 members (excludes halogenated alkanes) is 2. The molecule has 5 N–H and O–H groups in total. The lowest BCUT2D eigenvalue weighted by atomic mass is 9.43. The van der Waals surface area contributed by atoms with Crippen LogP contribution in [0.4, 0.5) is 0 Å². The average molecular weight is 546 g/mol. The number of nitrogens with two attached hydrogens (primary N) is 1. The average Bonchev–Trinajstić information content (AvgIpc) is 3.25. The van der Waals surface area contributed by atoms with Gasteiger partial charge in [0.2, 0.25) is 0 Å². The van der Waals surface area contributed by atoms with Crippen molar-refractivity contribution in [2.75, 3.05) is 26.2 Å². The van der Waals surface area contributed by atoms with Crippen molar-refractivity contribution in [3.05, 3.63) is 0 Å². The Morgan fingerprint density at radius 3 is 2.23 bits per heavy atom. The highest BCUT2D eigenvalue weighted by Crippen LogP contribution is 2.68. The Labute approximate surface area is 242 Å². The maximum Gasteiger partial charge on any atom is 0.0577 e. The van der Waals surface area contributed by atoms with Gasteiger partial charge in [-0.15, -0.1) is 0 Å². The molecule has 4 nitrogen and oxygen atoms in total. The zero-order valence-corrected chi connectivity index (χ0v) is 26.7. The first-order chi connectivity index (χ1) is 18.7. The fourth-order valence-electron chi connectivity index (χ4n) is 10.6. The summed E-state index contributed by atoms with van der Waals surface area (Å²) in [4.78, 5) is 0. The lowest BCUT2D eigenvalue weighted by molar-refractivity contribution is -0.167. The molecule has 0 aromatic rings. The van der Waals surface area contributed by atoms with Crippen molar-refractivity contribution in [2.24, 2.45) is 58.0 Å². The van der Waals surface area contributed by atoms with Crippen molar-refractivity contribution >= 4 is 0 Å². The molecule has 0 bridgehead atoms. The van der Waals surface area contributed by atoms with Gasteiger partial charge in [-0.25, -0.2) is 0 Å². The molecule has 0 aliphatic heterocycles. The second-order valence-electron chi connectivity index (χ2n) is 15.7. The smallest absolute Gasteiger partial charge is 0.0577 e. The standard InChI is InChI=1S/C35H67N3O/c1-25(2)11-10-12-26(3)29-13-14-30-33-31(16-18-35(29,30)5)34(4)17-15-28(23-27(34)24-32(33)39)38-22-9-8-21-37-20-7-6-19-36/h25-33,37-39H,6-24,36H2,1-5H3/t26-,27+,28-,29-,30?,31?,32-,33?,34+,35-/m1/s1. The van der Waals surface area contributed by atoms with Crippen LogP contribution in [0.25, 0.3) is 0 Å². The van der Waals surface area contributed by atoms with Gasteiger partial charge in [0.1, 0.15) is 0 Å². The molecule has 10 atom stereocenters. The lowest BCUT2D eigenvalue weighted by Gasteiger charge is -2.62. The molecule has 4 heteroatoms. The van der Waals surface area contributed by atoms with Gasteiger partial charge in [-0.05, 0) is 155 Å². The van der Waals surface area contributed by atoms with Crippen molar-refractivity contribution in [2.45, 2.75) is 143 Å². The summed E-state index contributed by atoms with van der Waals surface area (Å²) in [6.07, 6.45) is 19.6. The topological polar surface area (TPSA) is 70.3 Å². The van der Waals surface area contributed by atoms with E-state index in [1.54, 1.807) is 0 Å².